The third-order valence-corrected chi connectivity index (χ3v) is 9.58. The van der Waals surface area contributed by atoms with Crippen molar-refractivity contribution in [3.63, 3.8) is 0 Å². The van der Waals surface area contributed by atoms with Gasteiger partial charge in [-0.25, -0.2) is 18.2 Å². The number of ether oxygens (including phenoxy) is 2. The number of carbonyl (C=O) groups excluding carboxylic acids is 3. The average Bonchev–Trinajstić information content (AvgIpc) is 3.03. The monoisotopic (exact) mass is 667 g/mol. The van der Waals surface area contributed by atoms with Crippen molar-refractivity contribution in [2.75, 3.05) is 47.5 Å². The number of hydrogen-bond donors (Lipinski definition) is 3. The first-order chi connectivity index (χ1) is 22.3. The molecule has 1 amide bonds. The minimum absolute atomic E-state index is 0.0192. The van der Waals surface area contributed by atoms with Gasteiger partial charge in [-0.1, -0.05) is 17.7 Å². The fraction of sp³-hybridized carbons (Fsp3) is 0.406. The van der Waals surface area contributed by atoms with Gasteiger partial charge in [-0.3, -0.25) is 13.9 Å². The average molecular weight is 668 g/mol. The van der Waals surface area contributed by atoms with Crippen molar-refractivity contribution in [2.45, 2.75) is 63.4 Å². The predicted molar refractivity (Wildman–Crippen MR) is 177 cm³/mol. The molecule has 2 heterocycles. The van der Waals surface area contributed by atoms with Crippen molar-refractivity contribution in [1.82, 2.24) is 15.3 Å². The Morgan fingerprint density at radius 1 is 1.02 bits per heavy atom. The van der Waals surface area contributed by atoms with E-state index >= 15 is 0 Å². The lowest BCUT2D eigenvalue weighted by Gasteiger charge is -2.39. The summed E-state index contributed by atoms with van der Waals surface area (Å²) in [5.74, 6) is -1.69. The largest absolute Gasteiger partial charge is 0.466 e. The molecule has 0 radical (unpaired) electrons. The first-order valence-electron chi connectivity index (χ1n) is 15.3. The standard InChI is InChI=1S/C32H41N7O7S/c1-5-45-27(40)18-17-26(31(42)46-6-2)35-30(41)21-9-11-22(12-10-21)38(4)19-23-13-16-25-28(29(33)37-32(34)36-25)39(23)47(43,44)24-14-7-20(3)8-15-24/h7-12,14-15,23,26H,5-6,13,16-19H2,1-4H3,(H,35,41)(H4,33,34,36,37)/t23?,26-/m0/s1. The number of esters is 2. The first kappa shape index (κ1) is 34.9. The third kappa shape index (κ3) is 8.27. The van der Waals surface area contributed by atoms with E-state index in [1.54, 1.807) is 62.4 Å². The molecule has 252 valence electrons. The van der Waals surface area contributed by atoms with Gasteiger partial charge in [0.2, 0.25) is 5.95 Å². The smallest absolute Gasteiger partial charge is 0.328 e. The summed E-state index contributed by atoms with van der Waals surface area (Å²) in [6.07, 6.45) is 0.856. The number of likely N-dealkylation sites (N-methyl/N-ethyl adjacent to an activating group) is 1. The predicted octanol–water partition coefficient (Wildman–Crippen LogP) is 2.60. The van der Waals surface area contributed by atoms with Crippen LogP contribution in [0.1, 0.15) is 54.7 Å². The Hall–Kier alpha value is -4.92. The van der Waals surface area contributed by atoms with Gasteiger partial charge in [0.25, 0.3) is 15.9 Å². The molecule has 1 aromatic heterocycles. The molecule has 5 N–H and O–H groups in total. The van der Waals surface area contributed by atoms with E-state index in [4.69, 9.17) is 20.9 Å². The van der Waals surface area contributed by atoms with Crippen molar-refractivity contribution < 1.29 is 32.3 Å². The number of carbonyl (C=O) groups is 3. The highest BCUT2D eigenvalue weighted by Gasteiger charge is 2.39. The van der Waals surface area contributed by atoms with E-state index in [-0.39, 0.29) is 60.5 Å². The van der Waals surface area contributed by atoms with Crippen LogP contribution in [0.25, 0.3) is 0 Å². The number of hydrogen-bond acceptors (Lipinski definition) is 12. The van der Waals surface area contributed by atoms with Crippen LogP contribution < -0.4 is 26.0 Å². The quantitative estimate of drug-likeness (QED) is 0.225. The number of nitrogens with zero attached hydrogens (tertiary/aromatic N) is 4. The third-order valence-electron chi connectivity index (χ3n) is 7.72. The maximum atomic E-state index is 14.1. The van der Waals surface area contributed by atoms with Crippen LogP contribution in [-0.4, -0.2) is 75.1 Å². The van der Waals surface area contributed by atoms with E-state index in [9.17, 15) is 22.8 Å². The number of amides is 1. The molecule has 2 atom stereocenters. The number of fused-ring (bicyclic) bond motifs is 1. The van der Waals surface area contributed by atoms with Crippen LogP contribution in [0.5, 0.6) is 0 Å². The lowest BCUT2D eigenvalue weighted by atomic mass is 10.0. The van der Waals surface area contributed by atoms with Crippen LogP contribution in [-0.2, 0) is 35.5 Å². The molecule has 47 heavy (non-hydrogen) atoms. The molecular weight excluding hydrogens is 626 g/mol. The summed E-state index contributed by atoms with van der Waals surface area (Å²) in [7, 11) is -2.26. The number of benzene rings is 2. The van der Waals surface area contributed by atoms with Gasteiger partial charge in [-0.15, -0.1) is 0 Å². The molecular formula is C32H41N7O7S. The highest BCUT2D eigenvalue weighted by molar-refractivity contribution is 7.92. The van der Waals surface area contributed by atoms with Crippen LogP contribution in [0.4, 0.5) is 23.1 Å². The van der Waals surface area contributed by atoms with Crippen LogP contribution in [0.3, 0.4) is 0 Å². The van der Waals surface area contributed by atoms with Crippen molar-refractivity contribution in [3.8, 4) is 0 Å². The van der Waals surface area contributed by atoms with Gasteiger partial charge in [0.1, 0.15) is 11.7 Å². The fourth-order valence-electron chi connectivity index (χ4n) is 5.38. The Bertz CT molecular complexity index is 1700. The fourth-order valence-corrected chi connectivity index (χ4v) is 7.09. The normalized spacial score (nSPS) is 14.9. The molecule has 0 saturated heterocycles. The molecule has 3 aromatic rings. The molecule has 4 rings (SSSR count). The number of nitrogen functional groups attached to an aromatic ring is 2. The molecule has 1 unspecified atom stereocenters. The molecule has 0 fully saturated rings. The second kappa shape index (κ2) is 15.1. The number of aromatic nitrogens is 2. The van der Waals surface area contributed by atoms with E-state index in [1.807, 2.05) is 18.9 Å². The molecule has 0 aliphatic carbocycles. The van der Waals surface area contributed by atoms with Crippen molar-refractivity contribution in [2.24, 2.45) is 0 Å². The topological polar surface area (TPSA) is 200 Å². The summed E-state index contributed by atoms with van der Waals surface area (Å²) >= 11 is 0. The Labute approximate surface area is 274 Å². The molecule has 14 nitrogen and oxygen atoms in total. The van der Waals surface area contributed by atoms with Crippen molar-refractivity contribution in [3.05, 3.63) is 65.4 Å². The van der Waals surface area contributed by atoms with E-state index in [0.717, 1.165) is 5.56 Å². The Balaban J connectivity index is 1.54. The number of nitrogens with one attached hydrogen (secondary N) is 1. The number of rotatable bonds is 13. The van der Waals surface area contributed by atoms with Crippen LogP contribution in [0.2, 0.25) is 0 Å². The molecule has 2 aromatic carbocycles. The van der Waals surface area contributed by atoms with E-state index in [2.05, 4.69) is 15.3 Å². The lowest BCUT2D eigenvalue weighted by Crippen LogP contribution is -2.49. The second-order valence-corrected chi connectivity index (χ2v) is 12.9. The van der Waals surface area contributed by atoms with E-state index in [0.29, 0.717) is 24.2 Å². The second-order valence-electron chi connectivity index (χ2n) is 11.1. The molecule has 1 aliphatic heterocycles. The Morgan fingerprint density at radius 2 is 1.68 bits per heavy atom. The summed E-state index contributed by atoms with van der Waals surface area (Å²) < 4.78 is 39.5. The summed E-state index contributed by atoms with van der Waals surface area (Å²) in [6.45, 7) is 5.82. The number of anilines is 4. The summed E-state index contributed by atoms with van der Waals surface area (Å²) in [5, 5.41) is 2.65. The van der Waals surface area contributed by atoms with E-state index < -0.39 is 40.0 Å². The molecule has 1 aliphatic rings. The molecule has 15 heteroatoms. The lowest BCUT2D eigenvalue weighted by molar-refractivity contribution is -0.146. The first-order valence-corrected chi connectivity index (χ1v) is 16.8. The maximum absolute atomic E-state index is 14.1. The summed E-state index contributed by atoms with van der Waals surface area (Å²) in [4.78, 5) is 47.7. The summed E-state index contributed by atoms with van der Waals surface area (Å²) in [5.41, 5.74) is 14.7. The van der Waals surface area contributed by atoms with Crippen molar-refractivity contribution >= 4 is 51.0 Å². The molecule has 0 bridgehead atoms. The number of sulfonamides is 1. The number of nitrogens with two attached hydrogens (primary N) is 2. The zero-order chi connectivity index (χ0) is 34.3. The zero-order valence-corrected chi connectivity index (χ0v) is 27.7. The SMILES string of the molecule is CCOC(=O)CC[C@H](NC(=O)c1ccc(N(C)CC2CCc3nc(N)nc(N)c3N2S(=O)(=O)c2ccc(C)cc2)cc1)C(=O)OCC. The highest BCUT2D eigenvalue weighted by Crippen LogP contribution is 2.39. The Morgan fingerprint density at radius 3 is 2.32 bits per heavy atom. The maximum Gasteiger partial charge on any atom is 0.328 e. The van der Waals surface area contributed by atoms with Gasteiger partial charge in [0.15, 0.2) is 5.82 Å². The van der Waals surface area contributed by atoms with Gasteiger partial charge in [0, 0.05) is 31.3 Å². The molecule has 0 saturated carbocycles. The minimum atomic E-state index is -4.07. The van der Waals surface area contributed by atoms with Gasteiger partial charge >= 0.3 is 11.9 Å². The Kier molecular flexibility index (Phi) is 11.2. The van der Waals surface area contributed by atoms with Gasteiger partial charge in [-0.05, 0) is 76.4 Å². The minimum Gasteiger partial charge on any atom is -0.466 e. The van der Waals surface area contributed by atoms with Gasteiger partial charge < -0.3 is 31.2 Å². The van der Waals surface area contributed by atoms with Crippen LogP contribution >= 0.6 is 0 Å². The number of aryl methyl sites for hydroxylation is 2. The van der Waals surface area contributed by atoms with Crippen LogP contribution in [0.15, 0.2) is 53.4 Å². The molecule has 0 spiro atoms. The van der Waals surface area contributed by atoms with Gasteiger partial charge in [0.05, 0.1) is 29.8 Å². The van der Waals surface area contributed by atoms with Gasteiger partial charge in [-0.2, -0.15) is 4.98 Å². The zero-order valence-electron chi connectivity index (χ0n) is 26.9. The van der Waals surface area contributed by atoms with Crippen molar-refractivity contribution in [1.29, 1.82) is 0 Å². The van der Waals surface area contributed by atoms with Crippen LogP contribution in [0, 0.1) is 6.92 Å². The summed E-state index contributed by atoms with van der Waals surface area (Å²) in [6, 6.07) is 11.6. The van der Waals surface area contributed by atoms with E-state index in [1.165, 1.54) is 4.31 Å². The highest BCUT2D eigenvalue weighted by atomic mass is 32.2.